The lowest BCUT2D eigenvalue weighted by Crippen LogP contribution is -2.36. The topological polar surface area (TPSA) is 84.9 Å². The second-order valence-corrected chi connectivity index (χ2v) is 10.9. The van der Waals surface area contributed by atoms with Gasteiger partial charge in [-0.3, -0.25) is 19.3 Å². The van der Waals surface area contributed by atoms with Crippen molar-refractivity contribution in [3.05, 3.63) is 90.7 Å². The van der Waals surface area contributed by atoms with E-state index in [9.17, 15) is 14.4 Å². The van der Waals surface area contributed by atoms with Gasteiger partial charge in [0.2, 0.25) is 5.91 Å². The number of carbonyl (C=O) groups is 3. The van der Waals surface area contributed by atoms with E-state index in [2.05, 4.69) is 37.2 Å². The third kappa shape index (κ3) is 6.75. The molecule has 0 aliphatic carbocycles. The molecule has 190 valence electrons. The Morgan fingerprint density at radius 1 is 1.08 bits per heavy atom. The Kier molecular flexibility index (Phi) is 8.96. The number of halogens is 3. The first-order valence-corrected chi connectivity index (χ1v) is 13.6. The molecule has 0 atom stereocenters. The minimum Gasteiger partial charge on any atom is -0.495 e. The predicted octanol–water partition coefficient (Wildman–Crippen LogP) is 7.13. The fraction of sp³-hybridized carbons (Fsp3) is 0.115. The first-order valence-electron chi connectivity index (χ1n) is 10.8. The summed E-state index contributed by atoms with van der Waals surface area (Å²) in [6.07, 6.45) is 1.60. The molecule has 4 rings (SSSR count). The van der Waals surface area contributed by atoms with E-state index in [4.69, 9.17) is 21.1 Å². The van der Waals surface area contributed by atoms with Crippen molar-refractivity contribution in [2.75, 3.05) is 19.0 Å². The Bertz CT molecular complexity index is 1370. The Morgan fingerprint density at radius 3 is 2.43 bits per heavy atom. The average molecular weight is 667 g/mol. The lowest BCUT2D eigenvalue weighted by Gasteiger charge is -2.14. The minimum atomic E-state index is -0.541. The number of thioether (sulfide) groups is 1. The van der Waals surface area contributed by atoms with Crippen molar-refractivity contribution in [2.24, 2.45) is 0 Å². The molecule has 1 fully saturated rings. The highest BCUT2D eigenvalue weighted by atomic mass is 79.9. The highest BCUT2D eigenvalue weighted by Crippen LogP contribution is 2.38. The molecule has 1 N–H and O–H groups in total. The molecule has 7 nitrogen and oxygen atoms in total. The fourth-order valence-corrected chi connectivity index (χ4v) is 5.82. The SMILES string of the molecule is COc1ccccc1NC(=O)CN1C(=O)S/C(=C/c2cc(Br)c(OCc3ccc(Cl)cc3)c(Br)c2)C1=O. The molecular formula is C26H19Br2ClN2O5S. The van der Waals surface area contributed by atoms with Crippen LogP contribution in [-0.4, -0.2) is 35.6 Å². The number of nitrogens with zero attached hydrogens (tertiary/aromatic N) is 1. The molecule has 37 heavy (non-hydrogen) atoms. The third-order valence-electron chi connectivity index (χ3n) is 5.17. The maximum Gasteiger partial charge on any atom is 0.294 e. The summed E-state index contributed by atoms with van der Waals surface area (Å²) in [7, 11) is 1.49. The van der Waals surface area contributed by atoms with Gasteiger partial charge in [-0.05, 0) is 97.2 Å². The van der Waals surface area contributed by atoms with Crippen LogP contribution in [0.3, 0.4) is 0 Å². The molecule has 0 spiro atoms. The lowest BCUT2D eigenvalue weighted by molar-refractivity contribution is -0.127. The quantitative estimate of drug-likeness (QED) is 0.258. The second kappa shape index (κ2) is 12.2. The van der Waals surface area contributed by atoms with Gasteiger partial charge in [0.15, 0.2) is 0 Å². The zero-order valence-electron chi connectivity index (χ0n) is 19.3. The molecule has 0 saturated carbocycles. The Balaban J connectivity index is 1.44. The maximum atomic E-state index is 12.9. The van der Waals surface area contributed by atoms with Gasteiger partial charge in [-0.25, -0.2) is 0 Å². The van der Waals surface area contributed by atoms with Crippen molar-refractivity contribution < 1.29 is 23.9 Å². The van der Waals surface area contributed by atoms with Gasteiger partial charge in [0, 0.05) is 5.02 Å². The number of rotatable bonds is 8. The van der Waals surface area contributed by atoms with E-state index in [1.807, 2.05) is 12.1 Å². The number of ether oxygens (including phenoxy) is 2. The van der Waals surface area contributed by atoms with Gasteiger partial charge in [-0.15, -0.1) is 0 Å². The van der Waals surface area contributed by atoms with Gasteiger partial charge < -0.3 is 14.8 Å². The van der Waals surface area contributed by atoms with Crippen LogP contribution >= 0.6 is 55.2 Å². The van der Waals surface area contributed by atoms with E-state index in [0.717, 1.165) is 22.2 Å². The molecule has 3 aromatic carbocycles. The van der Waals surface area contributed by atoms with Crippen molar-refractivity contribution in [3.63, 3.8) is 0 Å². The Morgan fingerprint density at radius 2 is 1.76 bits per heavy atom. The standard InChI is InChI=1S/C26H19Br2ClN2O5S/c1-35-21-5-3-2-4-20(21)30-23(32)13-31-25(33)22(37-26(31)34)12-16-10-18(27)24(19(28)11-16)36-14-15-6-8-17(29)9-7-15/h2-12H,13-14H2,1H3,(H,30,32)/b22-12+. The summed E-state index contributed by atoms with van der Waals surface area (Å²) in [5.74, 6) is 0.0102. The first kappa shape index (κ1) is 27.3. The molecule has 0 unspecified atom stereocenters. The summed E-state index contributed by atoms with van der Waals surface area (Å²) in [6, 6.07) is 17.8. The molecule has 3 aromatic rings. The van der Waals surface area contributed by atoms with Crippen molar-refractivity contribution in [2.45, 2.75) is 6.61 Å². The highest BCUT2D eigenvalue weighted by Gasteiger charge is 2.36. The van der Waals surface area contributed by atoms with Crippen LogP contribution < -0.4 is 14.8 Å². The minimum absolute atomic E-state index is 0.212. The van der Waals surface area contributed by atoms with Gasteiger partial charge in [0.05, 0.1) is 26.6 Å². The number of hydrogen-bond donors (Lipinski definition) is 1. The van der Waals surface area contributed by atoms with Crippen LogP contribution in [0.2, 0.25) is 5.02 Å². The molecule has 1 heterocycles. The summed E-state index contributed by atoms with van der Waals surface area (Å²) in [4.78, 5) is 39.1. The fourth-order valence-electron chi connectivity index (χ4n) is 3.41. The number of anilines is 1. The van der Waals surface area contributed by atoms with E-state index in [0.29, 0.717) is 43.3 Å². The maximum absolute atomic E-state index is 12.9. The summed E-state index contributed by atoms with van der Waals surface area (Å²) >= 11 is 13.7. The van der Waals surface area contributed by atoms with Gasteiger partial charge >= 0.3 is 0 Å². The van der Waals surface area contributed by atoms with Crippen LogP contribution in [0.25, 0.3) is 6.08 Å². The van der Waals surface area contributed by atoms with E-state index < -0.39 is 23.6 Å². The number of benzene rings is 3. The number of imide groups is 1. The van der Waals surface area contributed by atoms with Crippen molar-refractivity contribution in [1.29, 1.82) is 0 Å². The number of nitrogens with one attached hydrogen (secondary N) is 1. The monoisotopic (exact) mass is 664 g/mol. The van der Waals surface area contributed by atoms with Crippen LogP contribution in [0.4, 0.5) is 10.5 Å². The van der Waals surface area contributed by atoms with Crippen LogP contribution in [0.1, 0.15) is 11.1 Å². The second-order valence-electron chi connectivity index (χ2n) is 7.75. The zero-order chi connectivity index (χ0) is 26.5. The van der Waals surface area contributed by atoms with Gasteiger partial charge in [0.1, 0.15) is 24.7 Å². The zero-order valence-corrected chi connectivity index (χ0v) is 24.0. The number of hydrogen-bond acceptors (Lipinski definition) is 6. The van der Waals surface area contributed by atoms with Crippen molar-refractivity contribution in [3.8, 4) is 11.5 Å². The smallest absolute Gasteiger partial charge is 0.294 e. The highest BCUT2D eigenvalue weighted by molar-refractivity contribution is 9.11. The molecule has 1 aliphatic heterocycles. The number of amides is 3. The van der Waals surface area contributed by atoms with E-state index >= 15 is 0 Å². The predicted molar refractivity (Wildman–Crippen MR) is 152 cm³/mol. The van der Waals surface area contributed by atoms with Gasteiger partial charge in [-0.2, -0.15) is 0 Å². The molecule has 1 aliphatic rings. The first-order chi connectivity index (χ1) is 17.7. The van der Waals surface area contributed by atoms with Crippen LogP contribution in [0.5, 0.6) is 11.5 Å². The van der Waals surface area contributed by atoms with E-state index in [-0.39, 0.29) is 4.91 Å². The molecule has 0 bridgehead atoms. The number of carbonyl (C=O) groups excluding carboxylic acids is 3. The third-order valence-corrected chi connectivity index (χ3v) is 7.51. The van der Waals surface area contributed by atoms with Gasteiger partial charge in [-0.1, -0.05) is 35.9 Å². The molecule has 0 radical (unpaired) electrons. The van der Waals surface area contributed by atoms with Crippen LogP contribution in [0.15, 0.2) is 74.5 Å². The largest absolute Gasteiger partial charge is 0.495 e. The summed E-state index contributed by atoms with van der Waals surface area (Å²) in [6.45, 7) is -0.0750. The summed E-state index contributed by atoms with van der Waals surface area (Å²) < 4.78 is 12.5. The molecular weight excluding hydrogens is 648 g/mol. The number of para-hydroxylation sites is 2. The molecule has 1 saturated heterocycles. The van der Waals surface area contributed by atoms with E-state index in [1.165, 1.54) is 7.11 Å². The molecule has 11 heteroatoms. The average Bonchev–Trinajstić information content (AvgIpc) is 3.12. The lowest BCUT2D eigenvalue weighted by atomic mass is 10.2. The van der Waals surface area contributed by atoms with Crippen molar-refractivity contribution in [1.82, 2.24) is 4.90 Å². The summed E-state index contributed by atoms with van der Waals surface area (Å²) in [5.41, 5.74) is 2.07. The van der Waals surface area contributed by atoms with Gasteiger partial charge in [0.25, 0.3) is 11.1 Å². The van der Waals surface area contributed by atoms with Crippen molar-refractivity contribution >= 4 is 84.0 Å². The summed E-state index contributed by atoms with van der Waals surface area (Å²) in [5, 5.41) is 2.80. The normalized spacial score (nSPS) is 14.3. The number of methoxy groups -OCH3 is 1. The van der Waals surface area contributed by atoms with Crippen LogP contribution in [-0.2, 0) is 16.2 Å². The van der Waals surface area contributed by atoms with E-state index in [1.54, 1.807) is 54.6 Å². The Labute approximate surface area is 239 Å². The molecule has 3 amide bonds. The van der Waals surface area contributed by atoms with Crippen LogP contribution in [0, 0.1) is 0 Å². The Hall–Kier alpha value is -2.79. The molecule has 0 aromatic heterocycles.